The minimum absolute atomic E-state index is 0.0500. The number of hydrogen-bond acceptors (Lipinski definition) is 4. The van der Waals surface area contributed by atoms with Gasteiger partial charge in [-0.15, -0.1) is 0 Å². The molecule has 1 aliphatic rings. The third-order valence-electron chi connectivity index (χ3n) is 4.01. The quantitative estimate of drug-likeness (QED) is 0.816. The predicted octanol–water partition coefficient (Wildman–Crippen LogP) is 1.00. The summed E-state index contributed by atoms with van der Waals surface area (Å²) in [7, 11) is -1.58. The number of rotatable bonds is 7. The van der Waals surface area contributed by atoms with Crippen molar-refractivity contribution in [3.63, 3.8) is 0 Å². The van der Waals surface area contributed by atoms with Crippen molar-refractivity contribution in [3.05, 3.63) is 35.4 Å². The van der Waals surface area contributed by atoms with E-state index in [0.29, 0.717) is 13.1 Å². The molecular formula is C15H25N3O2S. The van der Waals surface area contributed by atoms with Crippen LogP contribution >= 0.6 is 0 Å². The third kappa shape index (κ3) is 4.78. The van der Waals surface area contributed by atoms with E-state index in [4.69, 9.17) is 5.73 Å². The van der Waals surface area contributed by atoms with Crippen LogP contribution in [0.1, 0.15) is 24.0 Å². The van der Waals surface area contributed by atoms with Crippen LogP contribution in [0.5, 0.6) is 0 Å². The minimum atomic E-state index is -3.25. The Morgan fingerprint density at radius 1 is 1.14 bits per heavy atom. The fraction of sp³-hybridized carbons (Fsp3) is 0.600. The molecule has 0 bridgehead atoms. The van der Waals surface area contributed by atoms with Crippen molar-refractivity contribution in [3.8, 4) is 0 Å². The van der Waals surface area contributed by atoms with Crippen LogP contribution in [0.3, 0.4) is 0 Å². The normalized spacial score (nSPS) is 16.7. The molecular weight excluding hydrogens is 286 g/mol. The van der Waals surface area contributed by atoms with Crippen LogP contribution in [0.25, 0.3) is 0 Å². The van der Waals surface area contributed by atoms with Gasteiger partial charge in [-0.25, -0.2) is 12.7 Å². The van der Waals surface area contributed by atoms with Crippen LogP contribution in [0.4, 0.5) is 0 Å². The highest BCUT2D eigenvalue weighted by Crippen LogP contribution is 2.12. The molecule has 118 valence electrons. The Balaban J connectivity index is 1.89. The van der Waals surface area contributed by atoms with E-state index >= 15 is 0 Å². The molecule has 2 N–H and O–H groups in total. The Bertz CT molecular complexity index is 537. The topological polar surface area (TPSA) is 66.6 Å². The van der Waals surface area contributed by atoms with Gasteiger partial charge in [-0.05, 0) is 37.1 Å². The van der Waals surface area contributed by atoms with E-state index in [1.165, 1.54) is 17.1 Å². The highest BCUT2D eigenvalue weighted by Gasteiger charge is 2.20. The molecule has 0 amide bonds. The predicted molar refractivity (Wildman–Crippen MR) is 85.3 cm³/mol. The lowest BCUT2D eigenvalue weighted by molar-refractivity contribution is 0.310. The summed E-state index contributed by atoms with van der Waals surface area (Å²) in [6.45, 7) is 4.04. The van der Waals surface area contributed by atoms with Crippen molar-refractivity contribution in [1.29, 1.82) is 0 Å². The second-order valence-electron chi connectivity index (χ2n) is 5.65. The summed E-state index contributed by atoms with van der Waals surface area (Å²) in [6, 6.07) is 7.45. The van der Waals surface area contributed by atoms with Crippen molar-refractivity contribution in [2.45, 2.75) is 25.1 Å². The standard InChI is InChI=1S/C15H25N3O2S/c1-17(10-11-18-8-2-3-9-18)21(19,20)13-15-6-4-14(12-16)5-7-15/h4-7H,2-3,8-13,16H2,1H3. The number of sulfonamides is 1. The van der Waals surface area contributed by atoms with Gasteiger partial charge < -0.3 is 10.6 Å². The van der Waals surface area contributed by atoms with E-state index in [-0.39, 0.29) is 5.75 Å². The van der Waals surface area contributed by atoms with Gasteiger partial charge in [0.25, 0.3) is 0 Å². The fourth-order valence-corrected chi connectivity index (χ4v) is 3.71. The lowest BCUT2D eigenvalue weighted by Crippen LogP contribution is -2.35. The lowest BCUT2D eigenvalue weighted by atomic mass is 10.1. The molecule has 5 nitrogen and oxygen atoms in total. The highest BCUT2D eigenvalue weighted by atomic mass is 32.2. The first-order chi connectivity index (χ1) is 10.0. The second kappa shape index (κ2) is 7.35. The Labute approximate surface area is 127 Å². The van der Waals surface area contributed by atoms with E-state index in [1.54, 1.807) is 7.05 Å². The summed E-state index contributed by atoms with van der Waals surface area (Å²) in [6.07, 6.45) is 2.45. The molecule has 1 aliphatic heterocycles. The number of hydrogen-bond donors (Lipinski definition) is 1. The molecule has 0 radical (unpaired) electrons. The van der Waals surface area contributed by atoms with Crippen molar-refractivity contribution in [2.75, 3.05) is 33.2 Å². The monoisotopic (exact) mass is 311 g/mol. The largest absolute Gasteiger partial charge is 0.326 e. The number of likely N-dealkylation sites (N-methyl/N-ethyl adjacent to an activating group) is 1. The van der Waals surface area contributed by atoms with E-state index in [1.807, 2.05) is 24.3 Å². The number of likely N-dealkylation sites (tertiary alicyclic amines) is 1. The molecule has 0 aliphatic carbocycles. The molecule has 1 saturated heterocycles. The Morgan fingerprint density at radius 3 is 2.29 bits per heavy atom. The van der Waals surface area contributed by atoms with Crippen LogP contribution in [0.15, 0.2) is 24.3 Å². The van der Waals surface area contributed by atoms with Crippen molar-refractivity contribution >= 4 is 10.0 Å². The van der Waals surface area contributed by atoms with Gasteiger partial charge in [0.2, 0.25) is 10.0 Å². The van der Waals surface area contributed by atoms with Crippen LogP contribution in [0, 0.1) is 0 Å². The summed E-state index contributed by atoms with van der Waals surface area (Å²) >= 11 is 0. The molecule has 0 spiro atoms. The molecule has 1 fully saturated rings. The summed E-state index contributed by atoms with van der Waals surface area (Å²) < 4.78 is 26.2. The summed E-state index contributed by atoms with van der Waals surface area (Å²) in [4.78, 5) is 2.32. The highest BCUT2D eigenvalue weighted by molar-refractivity contribution is 7.88. The smallest absolute Gasteiger partial charge is 0.218 e. The molecule has 0 unspecified atom stereocenters. The zero-order chi connectivity index (χ0) is 15.3. The molecule has 2 rings (SSSR count). The second-order valence-corrected chi connectivity index (χ2v) is 7.72. The molecule has 1 aromatic rings. The van der Waals surface area contributed by atoms with Crippen molar-refractivity contribution < 1.29 is 8.42 Å². The van der Waals surface area contributed by atoms with Gasteiger partial charge in [0.05, 0.1) is 5.75 Å². The molecule has 1 aromatic carbocycles. The SMILES string of the molecule is CN(CCN1CCCC1)S(=O)(=O)Cc1ccc(CN)cc1. The lowest BCUT2D eigenvalue weighted by Gasteiger charge is -2.21. The van der Waals surface area contributed by atoms with E-state index < -0.39 is 10.0 Å². The van der Waals surface area contributed by atoms with E-state index in [2.05, 4.69) is 4.90 Å². The first-order valence-electron chi connectivity index (χ1n) is 7.45. The van der Waals surface area contributed by atoms with Gasteiger partial charge in [0.15, 0.2) is 0 Å². The van der Waals surface area contributed by atoms with Gasteiger partial charge in [0, 0.05) is 26.7 Å². The first kappa shape index (κ1) is 16.4. The average molecular weight is 311 g/mol. The van der Waals surface area contributed by atoms with Crippen LogP contribution in [-0.2, 0) is 22.3 Å². The maximum absolute atomic E-state index is 12.3. The zero-order valence-corrected chi connectivity index (χ0v) is 13.5. The fourth-order valence-electron chi connectivity index (χ4n) is 2.52. The average Bonchev–Trinajstić information content (AvgIpc) is 2.98. The van der Waals surface area contributed by atoms with Gasteiger partial charge in [-0.1, -0.05) is 24.3 Å². The molecule has 6 heteroatoms. The van der Waals surface area contributed by atoms with E-state index in [9.17, 15) is 8.42 Å². The van der Waals surface area contributed by atoms with Crippen LogP contribution in [-0.4, -0.2) is 50.8 Å². The molecule has 1 heterocycles. The maximum atomic E-state index is 12.3. The summed E-state index contributed by atoms with van der Waals surface area (Å²) in [5, 5.41) is 0. The zero-order valence-electron chi connectivity index (χ0n) is 12.7. The molecule has 0 aromatic heterocycles. The van der Waals surface area contributed by atoms with Gasteiger partial charge in [-0.2, -0.15) is 0 Å². The van der Waals surface area contributed by atoms with Crippen LogP contribution < -0.4 is 5.73 Å². The molecule has 21 heavy (non-hydrogen) atoms. The van der Waals surface area contributed by atoms with E-state index in [0.717, 1.165) is 30.8 Å². The Morgan fingerprint density at radius 2 is 1.71 bits per heavy atom. The molecule has 0 atom stereocenters. The number of benzene rings is 1. The summed E-state index contributed by atoms with van der Waals surface area (Å²) in [5.41, 5.74) is 7.36. The third-order valence-corrected chi connectivity index (χ3v) is 5.84. The first-order valence-corrected chi connectivity index (χ1v) is 9.06. The van der Waals surface area contributed by atoms with Crippen LogP contribution in [0.2, 0.25) is 0 Å². The number of nitrogens with two attached hydrogens (primary N) is 1. The van der Waals surface area contributed by atoms with Gasteiger partial charge in [0.1, 0.15) is 0 Å². The Hall–Kier alpha value is -0.950. The Kier molecular flexibility index (Phi) is 5.75. The van der Waals surface area contributed by atoms with Gasteiger partial charge in [-0.3, -0.25) is 0 Å². The number of nitrogens with zero attached hydrogens (tertiary/aromatic N) is 2. The minimum Gasteiger partial charge on any atom is -0.326 e. The van der Waals surface area contributed by atoms with Crippen molar-refractivity contribution in [2.24, 2.45) is 5.73 Å². The van der Waals surface area contributed by atoms with Gasteiger partial charge >= 0.3 is 0 Å². The van der Waals surface area contributed by atoms with Crippen molar-refractivity contribution in [1.82, 2.24) is 9.21 Å². The molecule has 0 saturated carbocycles. The maximum Gasteiger partial charge on any atom is 0.218 e. The summed E-state index contributed by atoms with van der Waals surface area (Å²) in [5.74, 6) is 0.0500.